The van der Waals surface area contributed by atoms with E-state index in [4.69, 9.17) is 0 Å². The van der Waals surface area contributed by atoms with Crippen molar-refractivity contribution in [2.24, 2.45) is 4.99 Å². The maximum atomic E-state index is 4.56. The number of hydrogen-bond donors (Lipinski definition) is 2. The van der Waals surface area contributed by atoms with Crippen LogP contribution in [0.25, 0.3) is 11.3 Å². The van der Waals surface area contributed by atoms with Crippen LogP contribution in [-0.4, -0.2) is 59.5 Å². The second-order valence-electron chi connectivity index (χ2n) is 7.67. The summed E-state index contributed by atoms with van der Waals surface area (Å²) in [6, 6.07) is 15.1. The van der Waals surface area contributed by atoms with Gasteiger partial charge in [-0.3, -0.25) is 9.89 Å². The summed E-state index contributed by atoms with van der Waals surface area (Å²) in [7, 11) is 3.89. The van der Waals surface area contributed by atoms with Crippen LogP contribution >= 0.6 is 11.3 Å². The number of likely N-dealkylation sites (tertiary alicyclic amines) is 1. The van der Waals surface area contributed by atoms with Gasteiger partial charge in [-0.25, -0.2) is 4.98 Å². The molecule has 1 unspecified atom stereocenters. The summed E-state index contributed by atoms with van der Waals surface area (Å²) in [5, 5.41) is 5.76. The van der Waals surface area contributed by atoms with E-state index in [0.717, 1.165) is 29.6 Å². The second-order valence-corrected chi connectivity index (χ2v) is 8.65. The quantitative estimate of drug-likeness (QED) is 0.447. The maximum Gasteiger partial charge on any atom is 0.193 e. The highest BCUT2D eigenvalue weighted by molar-refractivity contribution is 7.10. The molecule has 0 saturated carbocycles. The van der Waals surface area contributed by atoms with Gasteiger partial charge in [-0.05, 0) is 42.9 Å². The second kappa shape index (κ2) is 9.91. The van der Waals surface area contributed by atoms with Crippen molar-refractivity contribution in [2.45, 2.75) is 25.4 Å². The number of aromatic amines is 1. The fourth-order valence-corrected chi connectivity index (χ4v) is 4.88. The molecule has 1 aliphatic heterocycles. The standard InChI is InChI=1S/C23H30N6S/c1-24-23(26-16-20(21-11-8-14-30-21)29-12-6-7-13-29)28(2)17-22-25-15-19(27-22)18-9-4-3-5-10-18/h3-5,8-11,14-15,20H,6-7,12-13,16-17H2,1-2H3,(H,24,26)(H,25,27). The topological polar surface area (TPSA) is 59.6 Å². The van der Waals surface area contributed by atoms with Crippen molar-refractivity contribution in [3.05, 3.63) is 64.7 Å². The Morgan fingerprint density at radius 1 is 1.23 bits per heavy atom. The highest BCUT2D eigenvalue weighted by Crippen LogP contribution is 2.27. The van der Waals surface area contributed by atoms with E-state index >= 15 is 0 Å². The van der Waals surface area contributed by atoms with E-state index < -0.39 is 0 Å². The van der Waals surface area contributed by atoms with Gasteiger partial charge in [-0.2, -0.15) is 0 Å². The smallest absolute Gasteiger partial charge is 0.193 e. The van der Waals surface area contributed by atoms with E-state index in [9.17, 15) is 0 Å². The van der Waals surface area contributed by atoms with Gasteiger partial charge < -0.3 is 15.2 Å². The summed E-state index contributed by atoms with van der Waals surface area (Å²) in [6.07, 6.45) is 4.48. The summed E-state index contributed by atoms with van der Waals surface area (Å²) < 4.78 is 0. The predicted octanol–water partition coefficient (Wildman–Crippen LogP) is 3.98. The Balaban J connectivity index is 1.38. The van der Waals surface area contributed by atoms with Crippen molar-refractivity contribution in [3.8, 4) is 11.3 Å². The van der Waals surface area contributed by atoms with Gasteiger partial charge in [-0.15, -0.1) is 11.3 Å². The average molecular weight is 423 g/mol. The van der Waals surface area contributed by atoms with Crippen LogP contribution in [0.3, 0.4) is 0 Å². The minimum atomic E-state index is 0.394. The number of hydrogen-bond acceptors (Lipinski definition) is 4. The first-order valence-electron chi connectivity index (χ1n) is 10.5. The molecule has 6 nitrogen and oxygen atoms in total. The minimum absolute atomic E-state index is 0.394. The van der Waals surface area contributed by atoms with Crippen molar-refractivity contribution >= 4 is 17.3 Å². The average Bonchev–Trinajstić information content (AvgIpc) is 3.55. The number of H-pyrrole nitrogens is 1. The maximum absolute atomic E-state index is 4.56. The lowest BCUT2D eigenvalue weighted by atomic mass is 10.2. The first kappa shape index (κ1) is 20.6. The van der Waals surface area contributed by atoms with Gasteiger partial charge in [0.05, 0.1) is 24.5 Å². The highest BCUT2D eigenvalue weighted by Gasteiger charge is 2.24. The molecule has 3 heterocycles. The number of thiophene rings is 1. The Morgan fingerprint density at radius 2 is 2.03 bits per heavy atom. The van der Waals surface area contributed by atoms with Gasteiger partial charge in [0.2, 0.25) is 0 Å². The molecule has 2 aromatic heterocycles. The largest absolute Gasteiger partial charge is 0.354 e. The Morgan fingerprint density at radius 3 is 2.73 bits per heavy atom. The number of nitrogens with zero attached hydrogens (tertiary/aromatic N) is 4. The molecule has 158 valence electrons. The van der Waals surface area contributed by atoms with Gasteiger partial charge in [0.25, 0.3) is 0 Å². The molecule has 1 aromatic carbocycles. The molecular formula is C23H30N6S. The molecule has 7 heteroatoms. The third kappa shape index (κ3) is 4.91. The number of nitrogens with one attached hydrogen (secondary N) is 2. The lowest BCUT2D eigenvalue weighted by Crippen LogP contribution is -2.43. The zero-order valence-corrected chi connectivity index (χ0v) is 18.5. The van der Waals surface area contributed by atoms with Gasteiger partial charge in [0.1, 0.15) is 5.82 Å². The number of aromatic nitrogens is 2. The van der Waals surface area contributed by atoms with Crippen LogP contribution in [0.15, 0.2) is 59.0 Å². The summed E-state index contributed by atoms with van der Waals surface area (Å²) in [5.41, 5.74) is 2.18. The van der Waals surface area contributed by atoms with Gasteiger partial charge in [0, 0.05) is 25.5 Å². The molecule has 30 heavy (non-hydrogen) atoms. The fourth-order valence-electron chi connectivity index (χ4n) is 4.02. The minimum Gasteiger partial charge on any atom is -0.354 e. The third-order valence-corrected chi connectivity index (χ3v) is 6.55. The van der Waals surface area contributed by atoms with Crippen molar-refractivity contribution in [1.29, 1.82) is 0 Å². The monoisotopic (exact) mass is 422 g/mol. The highest BCUT2D eigenvalue weighted by atomic mass is 32.1. The molecule has 1 aliphatic rings. The van der Waals surface area contributed by atoms with E-state index in [2.05, 4.69) is 66.8 Å². The summed E-state index contributed by atoms with van der Waals surface area (Å²) >= 11 is 1.84. The molecule has 4 rings (SSSR count). The first-order chi connectivity index (χ1) is 14.7. The Kier molecular flexibility index (Phi) is 6.81. The molecule has 1 saturated heterocycles. The lowest BCUT2D eigenvalue weighted by Gasteiger charge is -2.29. The van der Waals surface area contributed by atoms with Gasteiger partial charge in [-0.1, -0.05) is 36.4 Å². The van der Waals surface area contributed by atoms with Crippen LogP contribution in [0, 0.1) is 0 Å². The number of benzene rings is 1. The van der Waals surface area contributed by atoms with Crippen molar-refractivity contribution in [2.75, 3.05) is 33.7 Å². The van der Waals surface area contributed by atoms with Crippen LogP contribution in [0.2, 0.25) is 0 Å². The zero-order valence-electron chi connectivity index (χ0n) is 17.7. The van der Waals surface area contributed by atoms with Crippen molar-refractivity contribution in [1.82, 2.24) is 25.1 Å². The summed E-state index contributed by atoms with van der Waals surface area (Å²) in [4.78, 5) is 18.6. The summed E-state index contributed by atoms with van der Waals surface area (Å²) in [6.45, 7) is 3.87. The zero-order chi connectivity index (χ0) is 20.8. The summed E-state index contributed by atoms with van der Waals surface area (Å²) in [5.74, 6) is 1.81. The first-order valence-corrected chi connectivity index (χ1v) is 11.4. The molecule has 0 radical (unpaired) electrons. The van der Waals surface area contributed by atoms with Crippen LogP contribution in [0.5, 0.6) is 0 Å². The lowest BCUT2D eigenvalue weighted by molar-refractivity contribution is 0.247. The van der Waals surface area contributed by atoms with Crippen molar-refractivity contribution in [3.63, 3.8) is 0 Å². The molecule has 1 atom stereocenters. The van der Waals surface area contributed by atoms with Crippen LogP contribution in [-0.2, 0) is 6.54 Å². The SMILES string of the molecule is CN=C(NCC(c1cccs1)N1CCCC1)N(C)Cc1ncc(-c2ccccc2)[nH]1. The van der Waals surface area contributed by atoms with E-state index in [-0.39, 0.29) is 0 Å². The van der Waals surface area contributed by atoms with E-state index in [1.165, 1.54) is 30.8 Å². The fraction of sp³-hybridized carbons (Fsp3) is 0.391. The Labute approximate surface area is 182 Å². The van der Waals surface area contributed by atoms with E-state index in [1.54, 1.807) is 0 Å². The van der Waals surface area contributed by atoms with E-state index in [1.807, 2.05) is 42.8 Å². The Hall–Kier alpha value is -2.64. The normalized spacial score (nSPS) is 16.0. The molecular weight excluding hydrogens is 392 g/mol. The molecule has 0 bridgehead atoms. The van der Waals surface area contributed by atoms with Gasteiger partial charge >= 0.3 is 0 Å². The van der Waals surface area contributed by atoms with Crippen LogP contribution < -0.4 is 5.32 Å². The van der Waals surface area contributed by atoms with Crippen LogP contribution in [0.4, 0.5) is 0 Å². The molecule has 0 aliphatic carbocycles. The number of guanidine groups is 1. The van der Waals surface area contributed by atoms with E-state index in [0.29, 0.717) is 12.6 Å². The molecule has 3 aromatic rings. The molecule has 1 fully saturated rings. The number of imidazole rings is 1. The van der Waals surface area contributed by atoms with Crippen molar-refractivity contribution < 1.29 is 0 Å². The molecule has 2 N–H and O–H groups in total. The predicted molar refractivity (Wildman–Crippen MR) is 125 cm³/mol. The molecule has 0 amide bonds. The number of aliphatic imine (C=N–C) groups is 1. The number of rotatable bonds is 7. The third-order valence-electron chi connectivity index (χ3n) is 5.58. The van der Waals surface area contributed by atoms with Gasteiger partial charge in [0.15, 0.2) is 5.96 Å². The Bertz CT molecular complexity index is 928. The van der Waals surface area contributed by atoms with Crippen LogP contribution in [0.1, 0.15) is 29.6 Å². The molecule has 0 spiro atoms.